The lowest BCUT2D eigenvalue weighted by Gasteiger charge is -2.04. The fourth-order valence-electron chi connectivity index (χ4n) is 1.62. The first-order chi connectivity index (χ1) is 9.40. The molecule has 0 saturated heterocycles. The molecule has 1 heterocycles. The summed E-state index contributed by atoms with van der Waals surface area (Å²) in [4.78, 5) is 11.1. The summed E-state index contributed by atoms with van der Waals surface area (Å²) < 4.78 is 43.0. The van der Waals surface area contributed by atoms with Crippen molar-refractivity contribution in [2.45, 2.75) is 12.6 Å². The molecule has 0 aliphatic carbocycles. The monoisotopic (exact) mass is 284 g/mol. The normalized spacial score (nSPS) is 11.4. The lowest BCUT2D eigenvalue weighted by molar-refractivity contribution is -0.141. The van der Waals surface area contributed by atoms with Crippen molar-refractivity contribution in [1.29, 1.82) is 0 Å². The summed E-state index contributed by atoms with van der Waals surface area (Å²) in [7, 11) is 1.29. The number of ether oxygens (including phenoxy) is 1. The van der Waals surface area contributed by atoms with E-state index in [0.29, 0.717) is 11.3 Å². The summed E-state index contributed by atoms with van der Waals surface area (Å²) in [5, 5.41) is 3.46. The van der Waals surface area contributed by atoms with Gasteiger partial charge in [0.05, 0.1) is 19.2 Å². The molecule has 4 nitrogen and oxygen atoms in total. The molecule has 0 fully saturated rings. The van der Waals surface area contributed by atoms with E-state index in [-0.39, 0.29) is 12.4 Å². The Hall–Kier alpha value is -2.31. The summed E-state index contributed by atoms with van der Waals surface area (Å²) in [5.41, 5.74) is 0.244. The molecule has 7 heteroatoms. The van der Waals surface area contributed by atoms with Crippen LogP contribution in [0.15, 0.2) is 36.5 Å². The summed E-state index contributed by atoms with van der Waals surface area (Å²) in [6.07, 6.45) is -3.11. The Balaban J connectivity index is 2.18. The average Bonchev–Trinajstić information content (AvgIpc) is 2.89. The Morgan fingerprint density at radius 2 is 1.90 bits per heavy atom. The number of carbonyl (C=O) groups is 1. The second-order valence-electron chi connectivity index (χ2n) is 4.06. The van der Waals surface area contributed by atoms with Gasteiger partial charge in [0.15, 0.2) is 5.69 Å². The predicted molar refractivity (Wildman–Crippen MR) is 64.3 cm³/mol. The molecule has 0 aliphatic rings. The van der Waals surface area contributed by atoms with Crippen molar-refractivity contribution in [3.05, 3.63) is 47.8 Å². The molecule has 0 N–H and O–H groups in total. The van der Waals surface area contributed by atoms with Crippen molar-refractivity contribution in [1.82, 2.24) is 9.78 Å². The summed E-state index contributed by atoms with van der Waals surface area (Å²) in [5.74, 6) is -0.379. The van der Waals surface area contributed by atoms with Crippen molar-refractivity contribution in [3.63, 3.8) is 0 Å². The molecule has 1 aromatic heterocycles. The molecule has 0 unspecified atom stereocenters. The van der Waals surface area contributed by atoms with E-state index >= 15 is 0 Å². The maximum atomic E-state index is 12.4. The minimum atomic E-state index is -4.46. The number of rotatable bonds is 3. The quantitative estimate of drug-likeness (QED) is 0.814. The van der Waals surface area contributed by atoms with E-state index in [9.17, 15) is 18.0 Å². The Morgan fingerprint density at radius 1 is 1.25 bits per heavy atom. The third-order valence-corrected chi connectivity index (χ3v) is 2.66. The van der Waals surface area contributed by atoms with E-state index in [0.717, 1.165) is 10.7 Å². The van der Waals surface area contributed by atoms with Crippen molar-refractivity contribution >= 4 is 5.97 Å². The third-order valence-electron chi connectivity index (χ3n) is 2.66. The fourth-order valence-corrected chi connectivity index (χ4v) is 1.62. The number of halogens is 3. The van der Waals surface area contributed by atoms with Crippen LogP contribution in [0.2, 0.25) is 0 Å². The van der Waals surface area contributed by atoms with Gasteiger partial charge >= 0.3 is 12.1 Å². The number of alkyl halides is 3. The number of aromatic nitrogens is 2. The molecule has 0 spiro atoms. The van der Waals surface area contributed by atoms with Crippen LogP contribution in [0.4, 0.5) is 13.2 Å². The Bertz CT molecular complexity index is 603. The molecule has 0 atom stereocenters. The Labute approximate surface area is 112 Å². The SMILES string of the molecule is COC(=O)Cc1ccc(-n2ccc(C(F)(F)F)n2)cc1. The van der Waals surface area contributed by atoms with Crippen LogP contribution < -0.4 is 0 Å². The maximum absolute atomic E-state index is 12.4. The van der Waals surface area contributed by atoms with Gasteiger partial charge in [0.2, 0.25) is 0 Å². The number of nitrogens with zero attached hydrogens (tertiary/aromatic N) is 2. The molecule has 106 valence electrons. The van der Waals surface area contributed by atoms with Crippen molar-refractivity contribution < 1.29 is 22.7 Å². The van der Waals surface area contributed by atoms with Gasteiger partial charge in [0.25, 0.3) is 0 Å². The van der Waals surface area contributed by atoms with E-state index in [1.54, 1.807) is 24.3 Å². The van der Waals surface area contributed by atoms with Gasteiger partial charge in [-0.25, -0.2) is 4.68 Å². The van der Waals surface area contributed by atoms with Gasteiger partial charge < -0.3 is 4.74 Å². The molecule has 20 heavy (non-hydrogen) atoms. The second-order valence-corrected chi connectivity index (χ2v) is 4.06. The first kappa shape index (κ1) is 14.1. The molecule has 0 saturated carbocycles. The third kappa shape index (κ3) is 3.17. The van der Waals surface area contributed by atoms with Gasteiger partial charge in [-0.1, -0.05) is 12.1 Å². The van der Waals surface area contributed by atoms with Crippen molar-refractivity contribution in [2.75, 3.05) is 7.11 Å². The van der Waals surface area contributed by atoms with Crippen LogP contribution in [0.25, 0.3) is 5.69 Å². The van der Waals surface area contributed by atoms with Gasteiger partial charge in [0.1, 0.15) is 0 Å². The van der Waals surface area contributed by atoms with Crippen molar-refractivity contribution in [3.8, 4) is 5.69 Å². The molecular formula is C13H11F3N2O2. The maximum Gasteiger partial charge on any atom is 0.435 e. The Kier molecular flexibility index (Phi) is 3.78. The number of hydrogen-bond acceptors (Lipinski definition) is 3. The van der Waals surface area contributed by atoms with E-state index in [4.69, 9.17) is 0 Å². The fraction of sp³-hybridized carbons (Fsp3) is 0.231. The number of carbonyl (C=O) groups excluding carboxylic acids is 1. The van der Waals surface area contributed by atoms with Gasteiger partial charge in [-0.2, -0.15) is 18.3 Å². The number of hydrogen-bond donors (Lipinski definition) is 0. The lowest BCUT2D eigenvalue weighted by atomic mass is 10.1. The molecule has 2 aromatic rings. The number of benzene rings is 1. The summed E-state index contributed by atoms with van der Waals surface area (Å²) in [6, 6.07) is 7.36. The molecule has 1 aromatic carbocycles. The van der Waals surface area contributed by atoms with Crippen LogP contribution in [0.3, 0.4) is 0 Å². The van der Waals surface area contributed by atoms with Gasteiger partial charge in [0, 0.05) is 6.20 Å². The van der Waals surface area contributed by atoms with E-state index in [1.807, 2.05) is 0 Å². The highest BCUT2D eigenvalue weighted by Gasteiger charge is 2.33. The highest BCUT2D eigenvalue weighted by molar-refractivity contribution is 5.72. The topological polar surface area (TPSA) is 44.1 Å². The van der Waals surface area contributed by atoms with Crippen LogP contribution in [-0.4, -0.2) is 22.9 Å². The zero-order valence-corrected chi connectivity index (χ0v) is 10.5. The van der Waals surface area contributed by atoms with E-state index < -0.39 is 11.9 Å². The predicted octanol–water partition coefficient (Wildman–Crippen LogP) is 2.61. The Morgan fingerprint density at radius 3 is 2.40 bits per heavy atom. The summed E-state index contributed by atoms with van der Waals surface area (Å²) in [6.45, 7) is 0. The van der Waals surface area contributed by atoms with Crippen molar-refractivity contribution in [2.24, 2.45) is 0 Å². The molecular weight excluding hydrogens is 273 g/mol. The van der Waals surface area contributed by atoms with Crippen LogP contribution >= 0.6 is 0 Å². The zero-order chi connectivity index (χ0) is 14.8. The highest BCUT2D eigenvalue weighted by Crippen LogP contribution is 2.27. The lowest BCUT2D eigenvalue weighted by Crippen LogP contribution is -2.07. The first-order valence-corrected chi connectivity index (χ1v) is 5.69. The van der Waals surface area contributed by atoms with Gasteiger partial charge in [-0.15, -0.1) is 0 Å². The highest BCUT2D eigenvalue weighted by atomic mass is 19.4. The average molecular weight is 284 g/mol. The minimum absolute atomic E-state index is 0.115. The molecule has 0 radical (unpaired) electrons. The minimum Gasteiger partial charge on any atom is -0.469 e. The first-order valence-electron chi connectivity index (χ1n) is 5.69. The van der Waals surface area contributed by atoms with Crippen LogP contribution in [-0.2, 0) is 22.1 Å². The zero-order valence-electron chi connectivity index (χ0n) is 10.5. The van der Waals surface area contributed by atoms with Gasteiger partial charge in [-0.3, -0.25) is 4.79 Å². The molecule has 0 amide bonds. The van der Waals surface area contributed by atoms with Crippen LogP contribution in [0.1, 0.15) is 11.3 Å². The molecule has 0 aliphatic heterocycles. The van der Waals surface area contributed by atoms with E-state index in [1.165, 1.54) is 13.3 Å². The number of esters is 1. The number of methoxy groups -OCH3 is 1. The van der Waals surface area contributed by atoms with Crippen LogP contribution in [0.5, 0.6) is 0 Å². The largest absolute Gasteiger partial charge is 0.469 e. The summed E-state index contributed by atoms with van der Waals surface area (Å²) >= 11 is 0. The second kappa shape index (κ2) is 5.36. The molecule has 0 bridgehead atoms. The van der Waals surface area contributed by atoms with Gasteiger partial charge in [-0.05, 0) is 23.8 Å². The standard InChI is InChI=1S/C13H11F3N2O2/c1-20-12(19)8-9-2-4-10(5-3-9)18-7-6-11(17-18)13(14,15)16/h2-7H,8H2,1H3. The smallest absolute Gasteiger partial charge is 0.435 e. The van der Waals surface area contributed by atoms with E-state index in [2.05, 4.69) is 9.84 Å². The molecule has 2 rings (SSSR count). The van der Waals surface area contributed by atoms with Crippen LogP contribution in [0, 0.1) is 0 Å².